The Morgan fingerprint density at radius 2 is 1.86 bits per heavy atom. The highest BCUT2D eigenvalue weighted by atomic mass is 16.3. The third-order valence-corrected chi connectivity index (χ3v) is 5.92. The summed E-state index contributed by atoms with van der Waals surface area (Å²) in [6.45, 7) is 0. The zero-order valence-electron chi connectivity index (χ0n) is 12.1. The van der Waals surface area contributed by atoms with E-state index in [1.807, 2.05) is 18.2 Å². The van der Waals surface area contributed by atoms with E-state index < -0.39 is 11.5 Å². The van der Waals surface area contributed by atoms with Gasteiger partial charge in [-0.05, 0) is 62.0 Å². The Morgan fingerprint density at radius 1 is 1.19 bits per heavy atom. The van der Waals surface area contributed by atoms with Gasteiger partial charge in [0.15, 0.2) is 0 Å². The molecule has 0 spiro atoms. The van der Waals surface area contributed by atoms with E-state index in [9.17, 15) is 9.90 Å². The number of carbonyl (C=O) groups excluding carboxylic acids is 1. The molecule has 4 N–H and O–H groups in total. The Labute approximate surface area is 124 Å². The topological polar surface area (TPSA) is 75.3 Å². The molecule has 112 valence electrons. The minimum Gasteiger partial charge on any atom is -0.397 e. The number of hydrogen-bond donors (Lipinski definition) is 3. The van der Waals surface area contributed by atoms with Crippen LogP contribution in [0.1, 0.15) is 32.1 Å². The SMILES string of the molecule is Nc1ccccc1NC(=O)C12CC3CC(CC(C3)C1O)C2. The first-order chi connectivity index (χ1) is 10.1. The molecule has 0 radical (unpaired) electrons. The number of benzene rings is 1. The van der Waals surface area contributed by atoms with Gasteiger partial charge in [0.2, 0.25) is 5.91 Å². The number of hydrogen-bond acceptors (Lipinski definition) is 3. The summed E-state index contributed by atoms with van der Waals surface area (Å²) in [5, 5.41) is 13.7. The molecular weight excluding hydrogens is 264 g/mol. The minimum absolute atomic E-state index is 0.0352. The van der Waals surface area contributed by atoms with Gasteiger partial charge in [-0.1, -0.05) is 12.1 Å². The van der Waals surface area contributed by atoms with Crippen LogP contribution in [-0.2, 0) is 4.79 Å². The van der Waals surface area contributed by atoms with Crippen LogP contribution in [-0.4, -0.2) is 17.1 Å². The van der Waals surface area contributed by atoms with E-state index in [0.717, 1.165) is 25.7 Å². The summed E-state index contributed by atoms with van der Waals surface area (Å²) in [5.74, 6) is 1.51. The lowest BCUT2D eigenvalue weighted by Crippen LogP contribution is -2.60. The van der Waals surface area contributed by atoms with E-state index in [0.29, 0.717) is 29.1 Å². The van der Waals surface area contributed by atoms with Gasteiger partial charge in [-0.3, -0.25) is 4.79 Å². The number of aliphatic hydroxyl groups excluding tert-OH is 1. The van der Waals surface area contributed by atoms with Crippen LogP contribution in [0, 0.1) is 23.2 Å². The molecule has 4 nitrogen and oxygen atoms in total. The van der Waals surface area contributed by atoms with Gasteiger partial charge in [-0.2, -0.15) is 0 Å². The number of nitrogens with two attached hydrogens (primary N) is 1. The molecule has 4 aliphatic carbocycles. The monoisotopic (exact) mass is 286 g/mol. The second kappa shape index (κ2) is 4.47. The predicted molar refractivity (Wildman–Crippen MR) is 81.5 cm³/mol. The quantitative estimate of drug-likeness (QED) is 0.731. The molecule has 3 unspecified atom stereocenters. The molecule has 4 aliphatic rings. The summed E-state index contributed by atoms with van der Waals surface area (Å²) >= 11 is 0. The maximum atomic E-state index is 12.9. The standard InChI is InChI=1S/C17H22N2O2/c18-13-3-1-2-4-14(13)19-16(21)17-8-10-5-11(9-17)7-12(6-10)15(17)20/h1-4,10-12,15,20H,5-9,18H2,(H,19,21). The number of amides is 1. The third kappa shape index (κ3) is 1.89. The Hall–Kier alpha value is -1.55. The van der Waals surface area contributed by atoms with Crippen molar-refractivity contribution in [2.75, 3.05) is 11.1 Å². The fraction of sp³-hybridized carbons (Fsp3) is 0.588. The molecule has 5 rings (SSSR count). The second-order valence-corrected chi connectivity index (χ2v) is 7.25. The number of nitrogens with one attached hydrogen (secondary N) is 1. The molecule has 3 atom stereocenters. The van der Waals surface area contributed by atoms with Gasteiger partial charge in [-0.25, -0.2) is 0 Å². The average Bonchev–Trinajstić information content (AvgIpc) is 2.46. The number of nitrogen functional groups attached to an aromatic ring is 1. The first-order valence-electron chi connectivity index (χ1n) is 7.92. The molecule has 0 heterocycles. The van der Waals surface area contributed by atoms with Crippen LogP contribution in [0.3, 0.4) is 0 Å². The van der Waals surface area contributed by atoms with Gasteiger partial charge in [-0.15, -0.1) is 0 Å². The Balaban J connectivity index is 1.63. The van der Waals surface area contributed by atoms with Crippen molar-refractivity contribution in [2.24, 2.45) is 23.2 Å². The number of para-hydroxylation sites is 2. The van der Waals surface area contributed by atoms with Gasteiger partial charge in [0.25, 0.3) is 0 Å². The van der Waals surface area contributed by atoms with Crippen molar-refractivity contribution in [1.82, 2.24) is 0 Å². The molecule has 1 aromatic rings. The molecule has 4 bridgehead atoms. The van der Waals surface area contributed by atoms with Crippen molar-refractivity contribution < 1.29 is 9.90 Å². The number of rotatable bonds is 2. The van der Waals surface area contributed by atoms with Gasteiger partial charge >= 0.3 is 0 Å². The normalized spacial score (nSPS) is 40.2. The van der Waals surface area contributed by atoms with E-state index in [4.69, 9.17) is 5.73 Å². The number of carbonyl (C=O) groups is 1. The highest BCUT2D eigenvalue weighted by Gasteiger charge is 2.60. The fourth-order valence-corrected chi connectivity index (χ4v) is 5.19. The summed E-state index contributed by atoms with van der Waals surface area (Å²) in [4.78, 5) is 12.9. The van der Waals surface area contributed by atoms with E-state index >= 15 is 0 Å². The van der Waals surface area contributed by atoms with Crippen LogP contribution in [0.25, 0.3) is 0 Å². The lowest BCUT2D eigenvalue weighted by Gasteiger charge is -2.58. The van der Waals surface area contributed by atoms with Crippen LogP contribution in [0.2, 0.25) is 0 Å². The van der Waals surface area contributed by atoms with Crippen molar-refractivity contribution >= 4 is 17.3 Å². The van der Waals surface area contributed by atoms with Crippen molar-refractivity contribution in [1.29, 1.82) is 0 Å². The zero-order chi connectivity index (χ0) is 14.6. The van der Waals surface area contributed by atoms with Crippen molar-refractivity contribution in [3.8, 4) is 0 Å². The Morgan fingerprint density at radius 3 is 2.52 bits per heavy atom. The van der Waals surface area contributed by atoms with E-state index in [1.165, 1.54) is 6.42 Å². The van der Waals surface area contributed by atoms with Crippen molar-refractivity contribution in [3.05, 3.63) is 24.3 Å². The van der Waals surface area contributed by atoms with E-state index in [-0.39, 0.29) is 5.91 Å². The molecule has 0 saturated heterocycles. The van der Waals surface area contributed by atoms with Gasteiger partial charge in [0.05, 0.1) is 22.9 Å². The first-order valence-corrected chi connectivity index (χ1v) is 7.92. The lowest BCUT2D eigenvalue weighted by atomic mass is 9.48. The van der Waals surface area contributed by atoms with Gasteiger partial charge in [0, 0.05) is 0 Å². The summed E-state index contributed by atoms with van der Waals surface area (Å²) in [6, 6.07) is 7.32. The largest absolute Gasteiger partial charge is 0.397 e. The molecule has 4 fully saturated rings. The van der Waals surface area contributed by atoms with Crippen LogP contribution < -0.4 is 11.1 Å². The molecule has 1 aromatic carbocycles. The zero-order valence-corrected chi connectivity index (χ0v) is 12.1. The van der Waals surface area contributed by atoms with E-state index in [2.05, 4.69) is 5.32 Å². The highest BCUT2D eigenvalue weighted by Crippen LogP contribution is 2.60. The smallest absolute Gasteiger partial charge is 0.233 e. The lowest BCUT2D eigenvalue weighted by molar-refractivity contribution is -0.171. The summed E-state index contributed by atoms with van der Waals surface area (Å²) in [7, 11) is 0. The van der Waals surface area contributed by atoms with Crippen LogP contribution >= 0.6 is 0 Å². The fourth-order valence-electron chi connectivity index (χ4n) is 5.19. The van der Waals surface area contributed by atoms with Gasteiger partial charge < -0.3 is 16.2 Å². The number of anilines is 2. The van der Waals surface area contributed by atoms with Gasteiger partial charge in [0.1, 0.15) is 0 Å². The summed E-state index contributed by atoms with van der Waals surface area (Å²) in [5.41, 5.74) is 6.56. The molecule has 4 heteroatoms. The molecular formula is C17H22N2O2. The van der Waals surface area contributed by atoms with Crippen LogP contribution in [0.15, 0.2) is 24.3 Å². The second-order valence-electron chi connectivity index (χ2n) is 7.25. The maximum Gasteiger partial charge on any atom is 0.233 e. The number of aliphatic hydroxyl groups is 1. The Bertz CT molecular complexity index is 572. The minimum atomic E-state index is -0.586. The molecule has 4 saturated carbocycles. The summed E-state index contributed by atoms with van der Waals surface area (Å²) in [6.07, 6.45) is 4.61. The predicted octanol–water partition coefficient (Wildman–Crippen LogP) is 2.39. The molecule has 0 aliphatic heterocycles. The molecule has 21 heavy (non-hydrogen) atoms. The molecule has 0 aromatic heterocycles. The van der Waals surface area contributed by atoms with Crippen molar-refractivity contribution in [2.45, 2.75) is 38.2 Å². The third-order valence-electron chi connectivity index (χ3n) is 5.92. The van der Waals surface area contributed by atoms with Crippen LogP contribution in [0.4, 0.5) is 11.4 Å². The molecule has 1 amide bonds. The first kappa shape index (κ1) is 13.1. The van der Waals surface area contributed by atoms with E-state index in [1.54, 1.807) is 6.07 Å². The average molecular weight is 286 g/mol. The van der Waals surface area contributed by atoms with Crippen LogP contribution in [0.5, 0.6) is 0 Å². The summed E-state index contributed by atoms with van der Waals surface area (Å²) < 4.78 is 0. The maximum absolute atomic E-state index is 12.9. The van der Waals surface area contributed by atoms with Crippen molar-refractivity contribution in [3.63, 3.8) is 0 Å². The highest BCUT2D eigenvalue weighted by molar-refractivity contribution is 5.98. The Kier molecular flexibility index (Phi) is 2.80.